The van der Waals surface area contributed by atoms with E-state index in [1.807, 2.05) is 24.3 Å². The summed E-state index contributed by atoms with van der Waals surface area (Å²) in [5.74, 6) is -1.70. The molecule has 1 amide bonds. The van der Waals surface area contributed by atoms with E-state index >= 15 is 0 Å². The van der Waals surface area contributed by atoms with Crippen molar-refractivity contribution in [2.75, 3.05) is 0 Å². The summed E-state index contributed by atoms with van der Waals surface area (Å²) >= 11 is 3.31. The summed E-state index contributed by atoms with van der Waals surface area (Å²) in [5.41, 5.74) is 0.850. The van der Waals surface area contributed by atoms with Crippen LogP contribution in [0, 0.1) is 0 Å². The van der Waals surface area contributed by atoms with Gasteiger partial charge in [-0.3, -0.25) is 9.59 Å². The molecule has 0 spiro atoms. The van der Waals surface area contributed by atoms with Crippen molar-refractivity contribution in [3.8, 4) is 0 Å². The van der Waals surface area contributed by atoms with Crippen molar-refractivity contribution < 1.29 is 14.7 Å². The lowest BCUT2D eigenvalue weighted by Crippen LogP contribution is -2.40. The van der Waals surface area contributed by atoms with E-state index < -0.39 is 12.0 Å². The summed E-state index contributed by atoms with van der Waals surface area (Å²) in [5, 5.41) is 11.1. The van der Waals surface area contributed by atoms with Crippen molar-refractivity contribution in [1.29, 1.82) is 0 Å². The van der Waals surface area contributed by atoms with Crippen molar-refractivity contribution in [2.24, 2.45) is 0 Å². The third-order valence-electron chi connectivity index (χ3n) is 2.49. The fraction of sp³-hybridized carbons (Fsp3) is 0.333. The number of rotatable bonds is 4. The van der Waals surface area contributed by atoms with Crippen LogP contribution in [0.1, 0.15) is 25.3 Å². The molecular formula is C12H14BrNO3. The van der Waals surface area contributed by atoms with E-state index in [-0.39, 0.29) is 11.8 Å². The molecule has 0 fully saturated rings. The third kappa shape index (κ3) is 3.85. The molecule has 2 atom stereocenters. The average molecular weight is 300 g/mol. The first-order valence-electron chi connectivity index (χ1n) is 5.20. The van der Waals surface area contributed by atoms with Crippen LogP contribution in [-0.2, 0) is 9.59 Å². The summed E-state index contributed by atoms with van der Waals surface area (Å²) in [7, 11) is 0. The highest BCUT2D eigenvalue weighted by Gasteiger charge is 2.19. The number of carboxylic acids is 1. The van der Waals surface area contributed by atoms with Crippen molar-refractivity contribution >= 4 is 27.8 Å². The molecule has 17 heavy (non-hydrogen) atoms. The van der Waals surface area contributed by atoms with E-state index in [0.29, 0.717) is 0 Å². The minimum absolute atomic E-state index is 0.290. The van der Waals surface area contributed by atoms with Gasteiger partial charge in [-0.25, -0.2) is 0 Å². The molecule has 92 valence electrons. The summed E-state index contributed by atoms with van der Waals surface area (Å²) < 4.78 is 0.938. The predicted molar refractivity (Wildman–Crippen MR) is 67.8 cm³/mol. The second kappa shape index (κ2) is 5.82. The fourth-order valence-corrected chi connectivity index (χ4v) is 1.57. The van der Waals surface area contributed by atoms with Crippen LogP contribution in [0.15, 0.2) is 28.7 Å². The second-order valence-corrected chi connectivity index (χ2v) is 4.76. The smallest absolute Gasteiger partial charge is 0.325 e. The Morgan fingerprint density at radius 3 is 2.24 bits per heavy atom. The molecule has 0 aromatic heterocycles. The summed E-state index contributed by atoms with van der Waals surface area (Å²) in [4.78, 5) is 22.4. The van der Waals surface area contributed by atoms with Gasteiger partial charge in [0, 0.05) is 4.47 Å². The summed E-state index contributed by atoms with van der Waals surface area (Å²) in [6.45, 7) is 3.18. The highest BCUT2D eigenvalue weighted by atomic mass is 79.9. The van der Waals surface area contributed by atoms with Crippen LogP contribution >= 0.6 is 15.9 Å². The van der Waals surface area contributed by atoms with Crippen LogP contribution in [-0.4, -0.2) is 23.0 Å². The normalized spacial score (nSPS) is 13.8. The van der Waals surface area contributed by atoms with Gasteiger partial charge in [-0.1, -0.05) is 28.1 Å². The highest BCUT2D eigenvalue weighted by molar-refractivity contribution is 9.10. The first-order chi connectivity index (χ1) is 7.91. The Morgan fingerprint density at radius 2 is 1.76 bits per heavy atom. The molecule has 0 heterocycles. The van der Waals surface area contributed by atoms with Gasteiger partial charge in [-0.2, -0.15) is 0 Å². The lowest BCUT2D eigenvalue weighted by molar-refractivity contribution is -0.141. The quantitative estimate of drug-likeness (QED) is 0.895. The van der Waals surface area contributed by atoms with Crippen LogP contribution < -0.4 is 5.32 Å². The third-order valence-corrected chi connectivity index (χ3v) is 3.02. The van der Waals surface area contributed by atoms with Crippen LogP contribution in [0.4, 0.5) is 0 Å². The number of halogens is 1. The molecule has 0 bridgehead atoms. The maximum absolute atomic E-state index is 11.8. The Labute approximate surface area is 108 Å². The van der Waals surface area contributed by atoms with Crippen LogP contribution in [0.2, 0.25) is 0 Å². The molecule has 0 saturated heterocycles. The van der Waals surface area contributed by atoms with Gasteiger partial charge in [-0.15, -0.1) is 0 Å². The maximum Gasteiger partial charge on any atom is 0.325 e. The largest absolute Gasteiger partial charge is 0.480 e. The summed E-state index contributed by atoms with van der Waals surface area (Å²) in [6.07, 6.45) is 0. The molecule has 2 N–H and O–H groups in total. The van der Waals surface area contributed by atoms with E-state index in [1.165, 1.54) is 6.92 Å². The minimum Gasteiger partial charge on any atom is -0.480 e. The predicted octanol–water partition coefficient (Wildman–Crippen LogP) is 2.14. The van der Waals surface area contributed by atoms with Crippen LogP contribution in [0.3, 0.4) is 0 Å². The zero-order valence-corrected chi connectivity index (χ0v) is 11.2. The van der Waals surface area contributed by atoms with Gasteiger partial charge in [0.05, 0.1) is 5.92 Å². The van der Waals surface area contributed by atoms with E-state index in [1.54, 1.807) is 6.92 Å². The molecule has 1 aromatic rings. The average Bonchev–Trinajstić information content (AvgIpc) is 2.28. The number of carboxylic acid groups (broad SMARTS) is 1. The molecule has 5 heteroatoms. The van der Waals surface area contributed by atoms with E-state index in [2.05, 4.69) is 21.2 Å². The number of carbonyl (C=O) groups excluding carboxylic acids is 1. The molecule has 1 rings (SSSR count). The van der Waals surface area contributed by atoms with Gasteiger partial charge >= 0.3 is 5.97 Å². The Bertz CT molecular complexity index is 416. The molecule has 0 aliphatic heterocycles. The monoisotopic (exact) mass is 299 g/mol. The Morgan fingerprint density at radius 1 is 1.24 bits per heavy atom. The number of amides is 1. The number of hydrogen-bond donors (Lipinski definition) is 2. The second-order valence-electron chi connectivity index (χ2n) is 3.84. The topological polar surface area (TPSA) is 66.4 Å². The molecule has 0 saturated carbocycles. The Balaban J connectivity index is 2.70. The number of nitrogens with one attached hydrogen (secondary N) is 1. The van der Waals surface area contributed by atoms with Crippen LogP contribution in [0.5, 0.6) is 0 Å². The van der Waals surface area contributed by atoms with Gasteiger partial charge in [0.1, 0.15) is 6.04 Å². The van der Waals surface area contributed by atoms with Gasteiger partial charge in [0.2, 0.25) is 5.91 Å². The van der Waals surface area contributed by atoms with Gasteiger partial charge in [-0.05, 0) is 31.5 Å². The van der Waals surface area contributed by atoms with E-state index in [9.17, 15) is 9.59 Å². The fourth-order valence-electron chi connectivity index (χ4n) is 1.30. The number of aliphatic carboxylic acids is 1. The molecule has 0 radical (unpaired) electrons. The van der Waals surface area contributed by atoms with Crippen LogP contribution in [0.25, 0.3) is 0 Å². The molecular weight excluding hydrogens is 286 g/mol. The molecule has 0 aliphatic rings. The standard InChI is InChI=1S/C12H14BrNO3/c1-7(9-3-5-10(13)6-4-9)11(15)14-8(2)12(16)17/h3-8H,1-2H3,(H,14,15)(H,16,17). The molecule has 4 nitrogen and oxygen atoms in total. The van der Waals surface area contributed by atoms with Gasteiger partial charge in [0.15, 0.2) is 0 Å². The Hall–Kier alpha value is -1.36. The maximum atomic E-state index is 11.8. The first kappa shape index (κ1) is 13.7. The number of carbonyl (C=O) groups is 2. The van der Waals surface area contributed by atoms with Crippen molar-refractivity contribution in [3.63, 3.8) is 0 Å². The highest BCUT2D eigenvalue weighted by Crippen LogP contribution is 2.18. The number of hydrogen-bond acceptors (Lipinski definition) is 2. The Kier molecular flexibility index (Phi) is 4.69. The molecule has 0 aliphatic carbocycles. The molecule has 1 aromatic carbocycles. The van der Waals surface area contributed by atoms with Crippen molar-refractivity contribution in [3.05, 3.63) is 34.3 Å². The van der Waals surface area contributed by atoms with Crippen molar-refractivity contribution in [2.45, 2.75) is 25.8 Å². The summed E-state index contributed by atoms with van der Waals surface area (Å²) in [6, 6.07) is 6.49. The van der Waals surface area contributed by atoms with Crippen molar-refractivity contribution in [1.82, 2.24) is 5.32 Å². The van der Waals surface area contributed by atoms with E-state index in [4.69, 9.17) is 5.11 Å². The number of benzene rings is 1. The van der Waals surface area contributed by atoms with E-state index in [0.717, 1.165) is 10.0 Å². The van der Waals surface area contributed by atoms with Gasteiger partial charge in [0.25, 0.3) is 0 Å². The zero-order chi connectivity index (χ0) is 13.0. The zero-order valence-electron chi connectivity index (χ0n) is 9.61. The molecule has 2 unspecified atom stereocenters. The van der Waals surface area contributed by atoms with Gasteiger partial charge < -0.3 is 10.4 Å². The lowest BCUT2D eigenvalue weighted by atomic mass is 10.0. The first-order valence-corrected chi connectivity index (χ1v) is 5.99. The SMILES string of the molecule is CC(NC(=O)C(C)c1ccc(Br)cc1)C(=O)O. The lowest BCUT2D eigenvalue weighted by Gasteiger charge is -2.15. The minimum atomic E-state index is -1.04.